The average Bonchev–Trinajstić information content (AvgIpc) is 3.30. The largest absolute Gasteiger partial charge is 0.356 e. The lowest BCUT2D eigenvalue weighted by Gasteiger charge is -2.31. The molecule has 1 amide bonds. The Morgan fingerprint density at radius 2 is 2.15 bits per heavy atom. The Labute approximate surface area is 156 Å². The van der Waals surface area contributed by atoms with Crippen molar-refractivity contribution < 1.29 is 4.79 Å². The summed E-state index contributed by atoms with van der Waals surface area (Å²) in [6, 6.07) is 3.97. The van der Waals surface area contributed by atoms with E-state index in [4.69, 9.17) is 0 Å². The van der Waals surface area contributed by atoms with E-state index in [0.717, 1.165) is 47.9 Å². The van der Waals surface area contributed by atoms with Gasteiger partial charge in [0.25, 0.3) is 5.91 Å². The molecule has 4 rings (SSSR count). The molecule has 7 nitrogen and oxygen atoms in total. The number of nitrogens with zero attached hydrogens (tertiary/aromatic N) is 5. The molecule has 1 fully saturated rings. The van der Waals surface area contributed by atoms with Gasteiger partial charge in [0.05, 0.1) is 18.1 Å². The molecule has 4 heterocycles. The Morgan fingerprint density at radius 3 is 2.88 bits per heavy atom. The number of aromatic nitrogens is 4. The number of carbonyl (C=O) groups is 1. The molecule has 1 saturated heterocycles. The van der Waals surface area contributed by atoms with Crippen LogP contribution in [0.3, 0.4) is 0 Å². The van der Waals surface area contributed by atoms with Crippen LogP contribution in [0.5, 0.6) is 0 Å². The van der Waals surface area contributed by atoms with Crippen molar-refractivity contribution in [2.75, 3.05) is 18.0 Å². The third-order valence-corrected chi connectivity index (χ3v) is 5.74. The van der Waals surface area contributed by atoms with Gasteiger partial charge in [-0.3, -0.25) is 9.48 Å². The summed E-state index contributed by atoms with van der Waals surface area (Å²) in [7, 11) is 1.84. The van der Waals surface area contributed by atoms with Crippen LogP contribution in [0.25, 0.3) is 11.0 Å². The number of rotatable bonds is 4. The maximum absolute atomic E-state index is 12.6. The van der Waals surface area contributed by atoms with Gasteiger partial charge < -0.3 is 10.2 Å². The molecule has 3 aromatic rings. The smallest absolute Gasteiger partial charge is 0.289 e. The number of aryl methyl sites for hydroxylation is 1. The maximum Gasteiger partial charge on any atom is 0.289 e. The third-order valence-electron chi connectivity index (χ3n) is 4.86. The molecule has 0 bridgehead atoms. The minimum Gasteiger partial charge on any atom is -0.356 e. The summed E-state index contributed by atoms with van der Waals surface area (Å²) in [4.78, 5) is 25.1. The molecule has 136 valence electrons. The molecule has 0 atom stereocenters. The van der Waals surface area contributed by atoms with Crippen LogP contribution in [0.4, 0.5) is 5.82 Å². The molecule has 1 aliphatic heterocycles. The van der Waals surface area contributed by atoms with Crippen molar-refractivity contribution in [3.63, 3.8) is 0 Å². The van der Waals surface area contributed by atoms with Gasteiger partial charge in [0, 0.05) is 25.0 Å². The number of nitrogens with one attached hydrogen (secondary N) is 1. The van der Waals surface area contributed by atoms with Crippen LogP contribution >= 0.6 is 11.3 Å². The highest BCUT2D eigenvalue weighted by Gasteiger charge is 2.23. The van der Waals surface area contributed by atoms with E-state index in [0.29, 0.717) is 12.2 Å². The maximum atomic E-state index is 12.6. The summed E-state index contributed by atoms with van der Waals surface area (Å²) in [5, 5.41) is 10.1. The molecule has 0 saturated carbocycles. The first-order valence-electron chi connectivity index (χ1n) is 8.87. The quantitative estimate of drug-likeness (QED) is 0.764. The number of anilines is 1. The fourth-order valence-electron chi connectivity index (χ4n) is 3.23. The summed E-state index contributed by atoms with van der Waals surface area (Å²) < 4.78 is 1.70. The van der Waals surface area contributed by atoms with Crippen LogP contribution in [-0.2, 0) is 13.6 Å². The molecule has 0 unspecified atom stereocenters. The van der Waals surface area contributed by atoms with Gasteiger partial charge in [0.2, 0.25) is 5.82 Å². The van der Waals surface area contributed by atoms with Crippen molar-refractivity contribution in [1.82, 2.24) is 25.1 Å². The van der Waals surface area contributed by atoms with Crippen LogP contribution < -0.4 is 10.2 Å². The SMILES string of the molecule is CC1CCN(c2nc(C(=O)NCc3cccs3)nc3c2cnn3C)CC1. The average molecular weight is 370 g/mol. The van der Waals surface area contributed by atoms with Crippen LogP contribution in [-0.4, -0.2) is 38.7 Å². The van der Waals surface area contributed by atoms with E-state index in [-0.39, 0.29) is 11.7 Å². The van der Waals surface area contributed by atoms with E-state index in [9.17, 15) is 4.79 Å². The molecule has 26 heavy (non-hydrogen) atoms. The molecule has 0 spiro atoms. The van der Waals surface area contributed by atoms with E-state index in [1.54, 1.807) is 22.2 Å². The number of hydrogen-bond donors (Lipinski definition) is 1. The van der Waals surface area contributed by atoms with E-state index < -0.39 is 0 Å². The lowest BCUT2D eigenvalue weighted by atomic mass is 9.99. The normalized spacial score (nSPS) is 15.5. The number of fused-ring (bicyclic) bond motifs is 1. The Balaban J connectivity index is 1.64. The monoisotopic (exact) mass is 370 g/mol. The van der Waals surface area contributed by atoms with Crippen molar-refractivity contribution >= 4 is 34.1 Å². The molecular weight excluding hydrogens is 348 g/mol. The molecule has 0 aromatic carbocycles. The van der Waals surface area contributed by atoms with Gasteiger partial charge in [-0.2, -0.15) is 5.10 Å². The van der Waals surface area contributed by atoms with E-state index in [1.165, 1.54) is 0 Å². The molecule has 1 aliphatic rings. The zero-order valence-corrected chi connectivity index (χ0v) is 15.8. The van der Waals surface area contributed by atoms with Crippen LogP contribution in [0.2, 0.25) is 0 Å². The number of piperidine rings is 1. The minimum absolute atomic E-state index is 0.200. The highest BCUT2D eigenvalue weighted by molar-refractivity contribution is 7.09. The van der Waals surface area contributed by atoms with E-state index in [2.05, 4.69) is 32.2 Å². The van der Waals surface area contributed by atoms with Gasteiger partial charge in [0.15, 0.2) is 5.65 Å². The zero-order valence-electron chi connectivity index (χ0n) is 15.0. The van der Waals surface area contributed by atoms with Gasteiger partial charge in [-0.15, -0.1) is 11.3 Å². The molecule has 0 aliphatic carbocycles. The minimum atomic E-state index is -0.256. The van der Waals surface area contributed by atoms with Gasteiger partial charge >= 0.3 is 0 Å². The summed E-state index contributed by atoms with van der Waals surface area (Å²) in [6.45, 7) is 4.65. The first kappa shape index (κ1) is 17.0. The summed E-state index contributed by atoms with van der Waals surface area (Å²) in [5.74, 6) is 1.49. The Bertz CT molecular complexity index is 911. The number of hydrogen-bond acceptors (Lipinski definition) is 6. The number of carbonyl (C=O) groups excluding carboxylic acids is 1. The second-order valence-corrected chi connectivity index (χ2v) is 7.84. The first-order valence-corrected chi connectivity index (χ1v) is 9.75. The summed E-state index contributed by atoms with van der Waals surface area (Å²) in [6.07, 6.45) is 4.05. The summed E-state index contributed by atoms with van der Waals surface area (Å²) >= 11 is 1.61. The molecule has 3 aromatic heterocycles. The van der Waals surface area contributed by atoms with Crippen molar-refractivity contribution in [2.45, 2.75) is 26.3 Å². The van der Waals surface area contributed by atoms with Gasteiger partial charge in [-0.05, 0) is 30.2 Å². The highest BCUT2D eigenvalue weighted by Crippen LogP contribution is 2.27. The van der Waals surface area contributed by atoms with Crippen LogP contribution in [0.1, 0.15) is 35.3 Å². The first-order chi connectivity index (χ1) is 12.6. The van der Waals surface area contributed by atoms with Crippen LogP contribution in [0, 0.1) is 5.92 Å². The molecular formula is C18H22N6OS. The van der Waals surface area contributed by atoms with Gasteiger partial charge in [0.1, 0.15) is 5.82 Å². The molecule has 0 radical (unpaired) electrons. The number of amides is 1. The Kier molecular flexibility index (Phi) is 4.58. The zero-order chi connectivity index (χ0) is 18.1. The van der Waals surface area contributed by atoms with Gasteiger partial charge in [-0.1, -0.05) is 13.0 Å². The Hall–Kier alpha value is -2.48. The van der Waals surface area contributed by atoms with Gasteiger partial charge in [-0.25, -0.2) is 9.97 Å². The Morgan fingerprint density at radius 1 is 1.35 bits per heavy atom. The number of thiophene rings is 1. The van der Waals surface area contributed by atoms with Crippen molar-refractivity contribution in [2.24, 2.45) is 13.0 Å². The van der Waals surface area contributed by atoms with Crippen molar-refractivity contribution in [3.8, 4) is 0 Å². The topological polar surface area (TPSA) is 75.9 Å². The van der Waals surface area contributed by atoms with Crippen LogP contribution in [0.15, 0.2) is 23.7 Å². The second kappa shape index (κ2) is 7.03. The summed E-state index contributed by atoms with van der Waals surface area (Å²) in [5.41, 5.74) is 0.690. The standard InChI is InChI=1S/C18H22N6OS/c1-12-5-7-24(8-6-12)17-14-11-20-23(2)16(14)21-15(22-17)18(25)19-10-13-4-3-9-26-13/h3-4,9,11-12H,5-8,10H2,1-2H3,(H,19,25). The lowest BCUT2D eigenvalue weighted by molar-refractivity contribution is 0.0941. The highest BCUT2D eigenvalue weighted by atomic mass is 32.1. The van der Waals surface area contributed by atoms with Crippen molar-refractivity contribution in [3.05, 3.63) is 34.4 Å². The van der Waals surface area contributed by atoms with E-state index in [1.807, 2.05) is 24.6 Å². The predicted molar refractivity (Wildman–Crippen MR) is 102 cm³/mol. The predicted octanol–water partition coefficient (Wildman–Crippen LogP) is 2.59. The van der Waals surface area contributed by atoms with E-state index >= 15 is 0 Å². The lowest BCUT2D eigenvalue weighted by Crippen LogP contribution is -2.34. The molecule has 8 heteroatoms. The fraction of sp³-hybridized carbons (Fsp3) is 0.444. The molecule has 1 N–H and O–H groups in total. The van der Waals surface area contributed by atoms with Crippen molar-refractivity contribution in [1.29, 1.82) is 0 Å². The second-order valence-electron chi connectivity index (χ2n) is 6.81. The fourth-order valence-corrected chi connectivity index (χ4v) is 3.87. The third kappa shape index (κ3) is 3.29.